The summed E-state index contributed by atoms with van der Waals surface area (Å²) in [4.78, 5) is 0. The first-order valence-electron chi connectivity index (χ1n) is 3.32. The second-order valence-corrected chi connectivity index (χ2v) is 2.17. The second kappa shape index (κ2) is 3.61. The number of nitrogens with zero attached hydrogens (tertiary/aromatic N) is 1. The van der Waals surface area contributed by atoms with Gasteiger partial charge in [0.05, 0.1) is 13.3 Å². The van der Waals surface area contributed by atoms with Gasteiger partial charge in [0.1, 0.15) is 11.5 Å². The van der Waals surface area contributed by atoms with Gasteiger partial charge in [0.2, 0.25) is 0 Å². The number of hydrogen-bond donors (Lipinski definition) is 2. The molecule has 0 saturated carbocycles. The van der Waals surface area contributed by atoms with E-state index in [9.17, 15) is 0 Å². The summed E-state index contributed by atoms with van der Waals surface area (Å²) < 4.78 is 4.92. The van der Waals surface area contributed by atoms with E-state index in [1.807, 2.05) is 0 Å². The molecule has 0 spiro atoms. The van der Waals surface area contributed by atoms with Crippen LogP contribution in [0.3, 0.4) is 0 Å². The normalized spacial score (nSPS) is 10.4. The third kappa shape index (κ3) is 1.66. The van der Waals surface area contributed by atoms with Crippen LogP contribution in [0.25, 0.3) is 0 Å². The number of aromatic hydroxyl groups is 1. The fourth-order valence-electron chi connectivity index (χ4n) is 0.869. The van der Waals surface area contributed by atoms with E-state index in [0.717, 1.165) is 0 Å². The van der Waals surface area contributed by atoms with Gasteiger partial charge in [-0.2, -0.15) is 0 Å². The van der Waals surface area contributed by atoms with Crippen LogP contribution in [0, 0.1) is 0 Å². The molecule has 0 aliphatic carbocycles. The first kappa shape index (κ1) is 8.39. The van der Waals surface area contributed by atoms with Crippen LogP contribution in [-0.2, 0) is 0 Å². The zero-order valence-electron chi connectivity index (χ0n) is 6.56. The lowest BCUT2D eigenvalue weighted by atomic mass is 10.2. The van der Waals surface area contributed by atoms with Gasteiger partial charge >= 0.3 is 0 Å². The zero-order chi connectivity index (χ0) is 8.97. The van der Waals surface area contributed by atoms with Gasteiger partial charge in [0.15, 0.2) is 0 Å². The Kier molecular flexibility index (Phi) is 2.53. The molecule has 0 bridgehead atoms. The van der Waals surface area contributed by atoms with E-state index in [2.05, 4.69) is 5.16 Å². The van der Waals surface area contributed by atoms with E-state index < -0.39 is 0 Å². The Hall–Kier alpha value is -1.71. The molecule has 0 saturated heterocycles. The maximum atomic E-state index is 9.05. The molecule has 0 amide bonds. The van der Waals surface area contributed by atoms with E-state index in [1.54, 1.807) is 6.07 Å². The maximum Gasteiger partial charge on any atom is 0.131 e. The van der Waals surface area contributed by atoms with Crippen LogP contribution >= 0.6 is 0 Å². The molecule has 4 nitrogen and oxygen atoms in total. The van der Waals surface area contributed by atoms with Gasteiger partial charge in [-0.15, -0.1) is 0 Å². The number of rotatable bonds is 2. The zero-order valence-corrected chi connectivity index (χ0v) is 6.56. The molecule has 1 aromatic rings. The molecule has 4 heteroatoms. The first-order chi connectivity index (χ1) is 5.77. The summed E-state index contributed by atoms with van der Waals surface area (Å²) in [5.74, 6) is 0.578. The summed E-state index contributed by atoms with van der Waals surface area (Å²) in [6.45, 7) is 0. The standard InChI is InChI=1S/C8H9NO3/c1-12-8-4-7(10)3-2-6(8)5-9-11/h2-5,10-11H,1H3/b9-5+. The smallest absolute Gasteiger partial charge is 0.131 e. The van der Waals surface area contributed by atoms with Gasteiger partial charge in [-0.05, 0) is 12.1 Å². The highest BCUT2D eigenvalue weighted by Gasteiger charge is 2.00. The van der Waals surface area contributed by atoms with Crippen LogP contribution in [0.1, 0.15) is 5.56 Å². The van der Waals surface area contributed by atoms with Crippen molar-refractivity contribution in [1.29, 1.82) is 0 Å². The third-order valence-corrected chi connectivity index (χ3v) is 1.41. The van der Waals surface area contributed by atoms with Crippen LogP contribution in [-0.4, -0.2) is 23.6 Å². The van der Waals surface area contributed by atoms with Crippen LogP contribution in [0.2, 0.25) is 0 Å². The Labute approximate surface area is 69.7 Å². The lowest BCUT2D eigenvalue weighted by molar-refractivity contribution is 0.321. The maximum absolute atomic E-state index is 9.05. The summed E-state index contributed by atoms with van der Waals surface area (Å²) in [5, 5.41) is 20.2. The fourth-order valence-corrected chi connectivity index (χ4v) is 0.869. The lowest BCUT2D eigenvalue weighted by Gasteiger charge is -2.03. The predicted molar refractivity (Wildman–Crippen MR) is 44.0 cm³/mol. The average Bonchev–Trinajstić information content (AvgIpc) is 2.08. The highest BCUT2D eigenvalue weighted by atomic mass is 16.5. The molecule has 1 aromatic carbocycles. The van der Waals surface area contributed by atoms with Gasteiger partial charge in [0.25, 0.3) is 0 Å². The average molecular weight is 167 g/mol. The minimum atomic E-state index is 0.113. The Morgan fingerprint density at radius 2 is 2.25 bits per heavy atom. The number of benzene rings is 1. The van der Waals surface area contributed by atoms with E-state index in [4.69, 9.17) is 15.1 Å². The van der Waals surface area contributed by atoms with Crippen LogP contribution in [0.5, 0.6) is 11.5 Å². The minimum absolute atomic E-state index is 0.113. The van der Waals surface area contributed by atoms with E-state index in [1.165, 1.54) is 25.5 Å². The molecule has 0 radical (unpaired) electrons. The molecule has 1 rings (SSSR count). The summed E-state index contributed by atoms with van der Waals surface area (Å²) in [5.41, 5.74) is 0.609. The molecular formula is C8H9NO3. The van der Waals surface area contributed by atoms with Crippen molar-refractivity contribution in [2.45, 2.75) is 0 Å². The molecule has 64 valence electrons. The van der Waals surface area contributed by atoms with E-state index in [-0.39, 0.29) is 5.75 Å². The van der Waals surface area contributed by atoms with Gasteiger partial charge < -0.3 is 15.1 Å². The van der Waals surface area contributed by atoms with Gasteiger partial charge in [-0.3, -0.25) is 0 Å². The molecule has 2 N–H and O–H groups in total. The van der Waals surface area contributed by atoms with Crippen molar-refractivity contribution in [3.8, 4) is 11.5 Å². The van der Waals surface area contributed by atoms with Crippen molar-refractivity contribution >= 4 is 6.21 Å². The molecule has 0 fully saturated rings. The van der Waals surface area contributed by atoms with Crippen molar-refractivity contribution in [2.75, 3.05) is 7.11 Å². The summed E-state index contributed by atoms with van der Waals surface area (Å²) >= 11 is 0. The summed E-state index contributed by atoms with van der Waals surface area (Å²) in [6, 6.07) is 4.52. The predicted octanol–water partition coefficient (Wildman–Crippen LogP) is 1.21. The first-order valence-corrected chi connectivity index (χ1v) is 3.32. The fraction of sp³-hybridized carbons (Fsp3) is 0.125. The molecule has 0 unspecified atom stereocenters. The Morgan fingerprint density at radius 3 is 2.83 bits per heavy atom. The molecule has 0 aliphatic rings. The van der Waals surface area contributed by atoms with Gasteiger partial charge in [0, 0.05) is 11.6 Å². The SMILES string of the molecule is COc1cc(O)ccc1/C=N/O. The Morgan fingerprint density at radius 1 is 1.50 bits per heavy atom. The minimum Gasteiger partial charge on any atom is -0.508 e. The molecule has 0 heterocycles. The number of oxime groups is 1. The third-order valence-electron chi connectivity index (χ3n) is 1.41. The lowest BCUT2D eigenvalue weighted by Crippen LogP contribution is -1.89. The number of phenols is 1. The van der Waals surface area contributed by atoms with Crippen molar-refractivity contribution in [3.05, 3.63) is 23.8 Å². The van der Waals surface area contributed by atoms with Crippen molar-refractivity contribution < 1.29 is 15.1 Å². The molecule has 0 atom stereocenters. The summed E-state index contributed by atoms with van der Waals surface area (Å²) in [7, 11) is 1.48. The van der Waals surface area contributed by atoms with Crippen LogP contribution in [0.4, 0.5) is 0 Å². The van der Waals surface area contributed by atoms with Crippen LogP contribution in [0.15, 0.2) is 23.4 Å². The number of hydrogen-bond acceptors (Lipinski definition) is 4. The van der Waals surface area contributed by atoms with Gasteiger partial charge in [-0.25, -0.2) is 0 Å². The van der Waals surface area contributed by atoms with Gasteiger partial charge in [-0.1, -0.05) is 5.16 Å². The number of methoxy groups -OCH3 is 1. The molecular weight excluding hydrogens is 158 g/mol. The van der Waals surface area contributed by atoms with Crippen molar-refractivity contribution in [2.24, 2.45) is 5.16 Å². The van der Waals surface area contributed by atoms with Crippen molar-refractivity contribution in [1.82, 2.24) is 0 Å². The topological polar surface area (TPSA) is 62.0 Å². The van der Waals surface area contributed by atoms with E-state index >= 15 is 0 Å². The molecule has 12 heavy (non-hydrogen) atoms. The van der Waals surface area contributed by atoms with Crippen LogP contribution < -0.4 is 4.74 Å². The highest BCUT2D eigenvalue weighted by molar-refractivity contribution is 5.83. The summed E-state index contributed by atoms with van der Waals surface area (Å²) in [6.07, 6.45) is 1.23. The highest BCUT2D eigenvalue weighted by Crippen LogP contribution is 2.21. The number of ether oxygens (including phenoxy) is 1. The monoisotopic (exact) mass is 167 g/mol. The molecule has 0 aromatic heterocycles. The second-order valence-electron chi connectivity index (χ2n) is 2.17. The van der Waals surface area contributed by atoms with Crippen molar-refractivity contribution in [3.63, 3.8) is 0 Å². The Balaban J connectivity index is 3.10. The molecule has 0 aliphatic heterocycles. The van der Waals surface area contributed by atoms with E-state index in [0.29, 0.717) is 11.3 Å². The largest absolute Gasteiger partial charge is 0.508 e. The quantitative estimate of drug-likeness (QED) is 0.395. The number of phenolic OH excluding ortho intramolecular Hbond substituents is 1. The Bertz CT molecular complexity index is 296.